The van der Waals surface area contributed by atoms with Crippen LogP contribution in [0.4, 0.5) is 17.6 Å². The highest BCUT2D eigenvalue weighted by molar-refractivity contribution is 5.27. The van der Waals surface area contributed by atoms with E-state index in [1.54, 1.807) is 0 Å². The average Bonchev–Trinajstić information content (AvgIpc) is 3.23. The van der Waals surface area contributed by atoms with Gasteiger partial charge in [-0.15, -0.1) is 0 Å². The summed E-state index contributed by atoms with van der Waals surface area (Å²) in [6.45, 7) is 0.948. The average molecular weight is 305 g/mol. The molecule has 1 aromatic carbocycles. The van der Waals surface area contributed by atoms with Crippen molar-refractivity contribution in [3.63, 3.8) is 0 Å². The lowest BCUT2D eigenvalue weighted by Gasteiger charge is -2.22. The topological polar surface area (TPSA) is 23.5 Å². The van der Waals surface area contributed by atoms with E-state index < -0.39 is 17.6 Å². The van der Waals surface area contributed by atoms with Crippen molar-refractivity contribution in [3.05, 3.63) is 35.1 Å². The Bertz CT molecular complexity index is 471. The highest BCUT2D eigenvalue weighted by atomic mass is 19.4. The minimum atomic E-state index is -4.45. The third-order valence-corrected chi connectivity index (χ3v) is 3.66. The molecule has 0 unspecified atom stereocenters. The summed E-state index contributed by atoms with van der Waals surface area (Å²) < 4.78 is 51.8. The van der Waals surface area contributed by atoms with Gasteiger partial charge in [0.15, 0.2) is 0 Å². The highest BCUT2D eigenvalue weighted by Gasteiger charge is 2.32. The molecule has 0 atom stereocenters. The fraction of sp³-hybridized carbons (Fsp3) is 0.600. The van der Waals surface area contributed by atoms with Crippen LogP contribution in [0.3, 0.4) is 0 Å². The van der Waals surface area contributed by atoms with E-state index in [1.165, 1.54) is 0 Å². The second-order valence-corrected chi connectivity index (χ2v) is 5.44. The molecule has 6 heteroatoms. The summed E-state index contributed by atoms with van der Waals surface area (Å²) >= 11 is 0. The molecule has 0 amide bonds. The summed E-state index contributed by atoms with van der Waals surface area (Å²) in [5.74, 6) is -0.601. The van der Waals surface area contributed by atoms with E-state index >= 15 is 0 Å². The summed E-state index contributed by atoms with van der Waals surface area (Å²) in [6, 6.07) is 2.89. The lowest BCUT2D eigenvalue weighted by Crippen LogP contribution is -2.27. The van der Waals surface area contributed by atoms with E-state index in [1.807, 2.05) is 4.90 Å². The Morgan fingerprint density at radius 2 is 1.90 bits per heavy atom. The van der Waals surface area contributed by atoms with Crippen molar-refractivity contribution in [3.8, 4) is 0 Å². The molecule has 0 heterocycles. The number of aliphatic hydroxyl groups excluding tert-OH is 1. The Morgan fingerprint density at radius 3 is 2.48 bits per heavy atom. The first-order valence-corrected chi connectivity index (χ1v) is 7.12. The zero-order chi connectivity index (χ0) is 15.5. The summed E-state index contributed by atoms with van der Waals surface area (Å²) in [6.07, 6.45) is -1.05. The van der Waals surface area contributed by atoms with Gasteiger partial charge in [-0.3, -0.25) is 4.90 Å². The van der Waals surface area contributed by atoms with Crippen LogP contribution >= 0.6 is 0 Å². The van der Waals surface area contributed by atoms with E-state index in [0.29, 0.717) is 19.0 Å². The molecular formula is C15H19F4NO. The number of aliphatic hydroxyl groups is 1. The normalized spacial score (nSPS) is 15.7. The van der Waals surface area contributed by atoms with Gasteiger partial charge in [-0.2, -0.15) is 13.2 Å². The van der Waals surface area contributed by atoms with Gasteiger partial charge in [0.2, 0.25) is 0 Å². The second kappa shape index (κ2) is 6.75. The Hall–Kier alpha value is -1.14. The van der Waals surface area contributed by atoms with E-state index in [0.717, 1.165) is 37.5 Å². The maximum atomic E-state index is 13.8. The Kier molecular flexibility index (Phi) is 5.22. The van der Waals surface area contributed by atoms with Crippen LogP contribution in [0.1, 0.15) is 36.8 Å². The fourth-order valence-electron chi connectivity index (χ4n) is 2.35. The molecule has 2 nitrogen and oxygen atoms in total. The Labute approximate surface area is 121 Å². The summed E-state index contributed by atoms with van der Waals surface area (Å²) in [5.41, 5.74) is -0.731. The van der Waals surface area contributed by atoms with Crippen LogP contribution in [0.5, 0.6) is 0 Å². The van der Waals surface area contributed by atoms with E-state index in [2.05, 4.69) is 0 Å². The molecule has 0 spiro atoms. The van der Waals surface area contributed by atoms with Crippen molar-refractivity contribution < 1.29 is 22.7 Å². The number of benzene rings is 1. The minimum absolute atomic E-state index is 0.0840. The van der Waals surface area contributed by atoms with Crippen LogP contribution < -0.4 is 0 Å². The number of unbranched alkanes of at least 4 members (excludes halogenated alkanes) is 1. The quantitative estimate of drug-likeness (QED) is 0.615. The number of hydrogen-bond donors (Lipinski definition) is 1. The Morgan fingerprint density at radius 1 is 1.19 bits per heavy atom. The molecule has 118 valence electrons. The largest absolute Gasteiger partial charge is 0.416 e. The molecule has 0 radical (unpaired) electrons. The first-order valence-electron chi connectivity index (χ1n) is 7.12. The number of halogens is 4. The first-order chi connectivity index (χ1) is 9.91. The summed E-state index contributed by atoms with van der Waals surface area (Å²) in [5, 5.41) is 8.79. The molecule has 2 rings (SSSR count). The van der Waals surface area contributed by atoms with Gasteiger partial charge in [-0.25, -0.2) is 4.39 Å². The number of nitrogens with zero attached hydrogens (tertiary/aromatic N) is 1. The van der Waals surface area contributed by atoms with E-state index in [4.69, 9.17) is 5.11 Å². The van der Waals surface area contributed by atoms with Crippen molar-refractivity contribution >= 4 is 0 Å². The van der Waals surface area contributed by atoms with E-state index in [-0.39, 0.29) is 18.7 Å². The Balaban J connectivity index is 2.08. The van der Waals surface area contributed by atoms with Crippen molar-refractivity contribution in [2.24, 2.45) is 0 Å². The lowest BCUT2D eigenvalue weighted by atomic mass is 10.1. The SMILES string of the molecule is OCCCCN(Cc1cc(C(F)(F)F)ccc1F)C1CC1. The van der Waals surface area contributed by atoms with Crippen LogP contribution in [0, 0.1) is 5.82 Å². The van der Waals surface area contributed by atoms with Crippen LogP contribution in [0.2, 0.25) is 0 Å². The van der Waals surface area contributed by atoms with Gasteiger partial charge in [0.1, 0.15) is 5.82 Å². The maximum Gasteiger partial charge on any atom is 0.416 e. The lowest BCUT2D eigenvalue weighted by molar-refractivity contribution is -0.137. The maximum absolute atomic E-state index is 13.8. The zero-order valence-corrected chi connectivity index (χ0v) is 11.7. The molecule has 0 aromatic heterocycles. The van der Waals surface area contributed by atoms with Gasteiger partial charge in [-0.1, -0.05) is 0 Å². The van der Waals surface area contributed by atoms with Gasteiger partial charge in [-0.05, 0) is 50.4 Å². The molecule has 21 heavy (non-hydrogen) atoms. The highest BCUT2D eigenvalue weighted by Crippen LogP contribution is 2.32. The van der Waals surface area contributed by atoms with Gasteiger partial charge >= 0.3 is 6.18 Å². The van der Waals surface area contributed by atoms with Crippen LogP contribution in [-0.4, -0.2) is 29.2 Å². The second-order valence-electron chi connectivity index (χ2n) is 5.44. The molecular weight excluding hydrogens is 286 g/mol. The standard InChI is InChI=1S/C15H19F4NO/c16-14-6-3-12(15(17,18)19)9-11(14)10-20(13-4-5-13)7-1-2-8-21/h3,6,9,13,21H,1-2,4-5,7-8,10H2. The van der Waals surface area contributed by atoms with Gasteiger partial charge in [0.05, 0.1) is 5.56 Å². The van der Waals surface area contributed by atoms with Gasteiger partial charge < -0.3 is 5.11 Å². The summed E-state index contributed by atoms with van der Waals surface area (Å²) in [7, 11) is 0. The number of hydrogen-bond acceptors (Lipinski definition) is 2. The monoisotopic (exact) mass is 305 g/mol. The minimum Gasteiger partial charge on any atom is -0.396 e. The first kappa shape index (κ1) is 16.2. The number of alkyl halides is 3. The van der Waals surface area contributed by atoms with Crippen LogP contribution in [-0.2, 0) is 12.7 Å². The molecule has 1 aliphatic carbocycles. The molecule has 1 saturated carbocycles. The zero-order valence-electron chi connectivity index (χ0n) is 11.7. The molecule has 0 saturated heterocycles. The van der Waals surface area contributed by atoms with E-state index in [9.17, 15) is 17.6 Å². The smallest absolute Gasteiger partial charge is 0.396 e. The van der Waals surface area contributed by atoms with Crippen molar-refractivity contribution in [2.45, 2.75) is 44.4 Å². The van der Waals surface area contributed by atoms with Crippen molar-refractivity contribution in [1.82, 2.24) is 4.90 Å². The number of rotatable bonds is 7. The molecule has 0 bridgehead atoms. The molecule has 1 fully saturated rings. The molecule has 0 aliphatic heterocycles. The van der Waals surface area contributed by atoms with Crippen LogP contribution in [0.15, 0.2) is 18.2 Å². The van der Waals surface area contributed by atoms with Crippen molar-refractivity contribution in [2.75, 3.05) is 13.2 Å². The van der Waals surface area contributed by atoms with Crippen LogP contribution in [0.25, 0.3) is 0 Å². The van der Waals surface area contributed by atoms with Gasteiger partial charge in [0.25, 0.3) is 0 Å². The molecule has 1 aliphatic rings. The third-order valence-electron chi connectivity index (χ3n) is 3.66. The fourth-order valence-corrected chi connectivity index (χ4v) is 2.35. The predicted octanol–water partition coefficient (Wildman–Crippen LogP) is 3.58. The molecule has 1 N–H and O–H groups in total. The third kappa shape index (κ3) is 4.68. The van der Waals surface area contributed by atoms with Crippen molar-refractivity contribution in [1.29, 1.82) is 0 Å². The predicted molar refractivity (Wildman–Crippen MR) is 71.2 cm³/mol. The van der Waals surface area contributed by atoms with Gasteiger partial charge in [0, 0.05) is 24.8 Å². The summed E-state index contributed by atoms with van der Waals surface area (Å²) in [4.78, 5) is 2.01. The molecule has 1 aromatic rings.